The number of nitrogens with zero attached hydrogens (tertiary/aromatic N) is 3. The van der Waals surface area contributed by atoms with Crippen LogP contribution in [0, 0.1) is 0 Å². The van der Waals surface area contributed by atoms with Crippen molar-refractivity contribution in [2.45, 2.75) is 39.7 Å². The Kier molecular flexibility index (Phi) is 4.86. The van der Waals surface area contributed by atoms with Crippen LogP contribution < -0.4 is 0 Å². The molecule has 2 rings (SSSR count). The summed E-state index contributed by atoms with van der Waals surface area (Å²) in [6.45, 7) is 12.3. The van der Waals surface area contributed by atoms with Crippen LogP contribution in [0.4, 0.5) is 4.79 Å². The summed E-state index contributed by atoms with van der Waals surface area (Å²) in [4.78, 5) is 18.7. The van der Waals surface area contributed by atoms with Gasteiger partial charge in [-0.2, -0.15) is 0 Å². The van der Waals surface area contributed by atoms with Gasteiger partial charge in [-0.3, -0.25) is 4.90 Å². The third-order valence-electron chi connectivity index (χ3n) is 4.26. The molecule has 2 saturated heterocycles. The molecule has 0 unspecified atom stereocenters. The maximum atomic E-state index is 12.2. The molecular formula is C15H27N3O. The number of carbonyl (C=O) groups is 1. The predicted molar refractivity (Wildman–Crippen MR) is 78.2 cm³/mol. The van der Waals surface area contributed by atoms with Gasteiger partial charge < -0.3 is 9.80 Å². The number of allylic oxidation sites excluding steroid dienone is 1. The van der Waals surface area contributed by atoms with Gasteiger partial charge in [-0.05, 0) is 33.6 Å². The van der Waals surface area contributed by atoms with Crippen LogP contribution >= 0.6 is 0 Å². The summed E-state index contributed by atoms with van der Waals surface area (Å²) < 4.78 is 0. The second-order valence-electron chi connectivity index (χ2n) is 5.87. The van der Waals surface area contributed by atoms with E-state index >= 15 is 0 Å². The second-order valence-corrected chi connectivity index (χ2v) is 5.87. The first-order valence-corrected chi connectivity index (χ1v) is 7.53. The molecule has 2 amide bonds. The molecule has 2 aliphatic heterocycles. The molecule has 0 aromatic rings. The number of piperidine rings is 1. The number of urea groups is 1. The monoisotopic (exact) mass is 265 g/mol. The van der Waals surface area contributed by atoms with Gasteiger partial charge in [0.15, 0.2) is 0 Å². The molecule has 108 valence electrons. The molecule has 2 fully saturated rings. The van der Waals surface area contributed by atoms with Crippen LogP contribution in [0.3, 0.4) is 0 Å². The van der Waals surface area contributed by atoms with Gasteiger partial charge in [0.1, 0.15) is 0 Å². The van der Waals surface area contributed by atoms with Crippen molar-refractivity contribution in [3.8, 4) is 0 Å². The molecule has 4 heteroatoms. The third-order valence-corrected chi connectivity index (χ3v) is 4.26. The van der Waals surface area contributed by atoms with Gasteiger partial charge in [-0.15, -0.1) is 0 Å². The highest BCUT2D eigenvalue weighted by atomic mass is 16.2. The fourth-order valence-electron chi connectivity index (χ4n) is 2.96. The van der Waals surface area contributed by atoms with Gasteiger partial charge in [-0.1, -0.05) is 11.6 Å². The van der Waals surface area contributed by atoms with E-state index in [4.69, 9.17) is 0 Å². The summed E-state index contributed by atoms with van der Waals surface area (Å²) in [5, 5.41) is 0. The number of likely N-dealkylation sites (N-methyl/N-ethyl adjacent to an activating group) is 1. The first-order valence-electron chi connectivity index (χ1n) is 7.53. The average Bonchev–Trinajstić information content (AvgIpc) is 2.78. The number of likely N-dealkylation sites (tertiary alicyclic amines) is 1. The summed E-state index contributed by atoms with van der Waals surface area (Å²) >= 11 is 0. The normalized spacial score (nSPS) is 22.2. The molecule has 0 aromatic carbocycles. The average molecular weight is 265 g/mol. The highest BCUT2D eigenvalue weighted by Gasteiger charge is 2.34. The van der Waals surface area contributed by atoms with Crippen LogP contribution in [0.1, 0.15) is 33.6 Å². The van der Waals surface area contributed by atoms with Crippen LogP contribution in [0.2, 0.25) is 0 Å². The van der Waals surface area contributed by atoms with E-state index in [0.29, 0.717) is 6.04 Å². The maximum absolute atomic E-state index is 12.2. The number of hydrogen-bond donors (Lipinski definition) is 0. The summed E-state index contributed by atoms with van der Waals surface area (Å²) in [5.41, 5.74) is 1.38. The molecule has 0 bridgehead atoms. The third kappa shape index (κ3) is 3.50. The quantitative estimate of drug-likeness (QED) is 0.728. The molecule has 0 N–H and O–H groups in total. The van der Waals surface area contributed by atoms with E-state index < -0.39 is 0 Å². The van der Waals surface area contributed by atoms with Gasteiger partial charge in [-0.25, -0.2) is 4.79 Å². The van der Waals surface area contributed by atoms with Crippen molar-refractivity contribution in [2.75, 3.05) is 39.3 Å². The minimum absolute atomic E-state index is 0.255. The van der Waals surface area contributed by atoms with Crippen molar-refractivity contribution in [3.05, 3.63) is 11.6 Å². The zero-order valence-electron chi connectivity index (χ0n) is 12.6. The Bertz CT molecular complexity index is 341. The van der Waals surface area contributed by atoms with Gasteiger partial charge in [0.25, 0.3) is 0 Å². The van der Waals surface area contributed by atoms with E-state index in [1.54, 1.807) is 0 Å². The van der Waals surface area contributed by atoms with E-state index in [1.807, 2.05) is 4.90 Å². The van der Waals surface area contributed by atoms with Crippen LogP contribution in [-0.2, 0) is 0 Å². The lowest BCUT2D eigenvalue weighted by Crippen LogP contribution is -2.46. The fraction of sp³-hybridized carbons (Fsp3) is 0.800. The van der Waals surface area contributed by atoms with E-state index in [1.165, 1.54) is 5.57 Å². The van der Waals surface area contributed by atoms with Crippen LogP contribution in [0.25, 0.3) is 0 Å². The first-order chi connectivity index (χ1) is 9.11. The zero-order chi connectivity index (χ0) is 13.8. The fourth-order valence-corrected chi connectivity index (χ4v) is 2.96. The standard InChI is InChI=1S/C15H27N3O/c1-4-17-11-12-18(15(17)19)14-6-9-16(10-7-14)8-5-13(2)3/h5,14H,4,6-12H2,1-3H3. The van der Waals surface area contributed by atoms with Gasteiger partial charge in [0, 0.05) is 45.3 Å². The van der Waals surface area contributed by atoms with E-state index in [-0.39, 0.29) is 6.03 Å². The van der Waals surface area contributed by atoms with Crippen molar-refractivity contribution >= 4 is 6.03 Å². The highest BCUT2D eigenvalue weighted by Crippen LogP contribution is 2.21. The molecule has 2 heterocycles. The van der Waals surface area contributed by atoms with Crippen molar-refractivity contribution < 1.29 is 4.79 Å². The van der Waals surface area contributed by atoms with Crippen molar-refractivity contribution in [3.63, 3.8) is 0 Å². The molecule has 0 radical (unpaired) electrons. The molecule has 0 spiro atoms. The molecule has 0 aromatic heterocycles. The summed E-state index contributed by atoms with van der Waals surface area (Å²) in [7, 11) is 0. The first kappa shape index (κ1) is 14.4. The summed E-state index contributed by atoms with van der Waals surface area (Å²) in [6.07, 6.45) is 4.54. The Morgan fingerprint density at radius 1 is 1.21 bits per heavy atom. The van der Waals surface area contributed by atoms with Crippen LogP contribution in [0.5, 0.6) is 0 Å². The summed E-state index contributed by atoms with van der Waals surface area (Å²) in [5.74, 6) is 0. The van der Waals surface area contributed by atoms with Crippen molar-refractivity contribution in [1.29, 1.82) is 0 Å². The smallest absolute Gasteiger partial charge is 0.320 e. The molecule has 0 aliphatic carbocycles. The Morgan fingerprint density at radius 2 is 1.89 bits per heavy atom. The molecule has 4 nitrogen and oxygen atoms in total. The number of carbonyl (C=O) groups excluding carboxylic acids is 1. The van der Waals surface area contributed by atoms with Crippen molar-refractivity contribution in [2.24, 2.45) is 0 Å². The largest absolute Gasteiger partial charge is 0.323 e. The number of hydrogen-bond acceptors (Lipinski definition) is 2. The zero-order valence-corrected chi connectivity index (χ0v) is 12.6. The molecule has 0 atom stereocenters. The lowest BCUT2D eigenvalue weighted by molar-refractivity contribution is 0.136. The number of amides is 2. The molecular weight excluding hydrogens is 238 g/mol. The lowest BCUT2D eigenvalue weighted by Gasteiger charge is -2.36. The minimum Gasteiger partial charge on any atom is -0.323 e. The highest BCUT2D eigenvalue weighted by molar-refractivity contribution is 5.76. The van der Waals surface area contributed by atoms with Gasteiger partial charge in [0.2, 0.25) is 0 Å². The lowest BCUT2D eigenvalue weighted by atomic mass is 10.0. The predicted octanol–water partition coefficient (Wildman–Crippen LogP) is 2.17. The molecule has 19 heavy (non-hydrogen) atoms. The molecule has 0 saturated carbocycles. The number of rotatable bonds is 4. The van der Waals surface area contributed by atoms with E-state index in [2.05, 4.69) is 36.6 Å². The van der Waals surface area contributed by atoms with E-state index in [0.717, 1.165) is 52.1 Å². The molecule has 2 aliphatic rings. The van der Waals surface area contributed by atoms with Crippen molar-refractivity contribution in [1.82, 2.24) is 14.7 Å². The van der Waals surface area contributed by atoms with Crippen LogP contribution in [0.15, 0.2) is 11.6 Å². The SMILES string of the molecule is CCN1CCN(C2CCN(CC=C(C)C)CC2)C1=O. The minimum atomic E-state index is 0.255. The van der Waals surface area contributed by atoms with E-state index in [9.17, 15) is 4.79 Å². The Hall–Kier alpha value is -1.03. The second kappa shape index (κ2) is 6.42. The topological polar surface area (TPSA) is 26.8 Å². The van der Waals surface area contributed by atoms with Gasteiger partial charge in [0.05, 0.1) is 0 Å². The Labute approximate surface area is 117 Å². The Morgan fingerprint density at radius 3 is 2.42 bits per heavy atom. The van der Waals surface area contributed by atoms with Crippen LogP contribution in [-0.4, -0.2) is 66.0 Å². The summed E-state index contributed by atoms with van der Waals surface area (Å²) in [6, 6.07) is 0.720. The Balaban J connectivity index is 1.80. The maximum Gasteiger partial charge on any atom is 0.320 e. The van der Waals surface area contributed by atoms with Gasteiger partial charge >= 0.3 is 6.03 Å².